The van der Waals surface area contributed by atoms with Crippen molar-refractivity contribution in [3.05, 3.63) is 28.2 Å². The lowest BCUT2D eigenvalue weighted by Crippen LogP contribution is -2.29. The molecule has 98 valence electrons. The lowest BCUT2D eigenvalue weighted by atomic mass is 10.3. The van der Waals surface area contributed by atoms with Gasteiger partial charge in [-0.2, -0.15) is 0 Å². The number of rotatable bonds is 2. The molecular weight excluding hydrogens is 284 g/mol. The summed E-state index contributed by atoms with van der Waals surface area (Å²) in [6, 6.07) is 5.76. The van der Waals surface area contributed by atoms with Gasteiger partial charge in [0.2, 0.25) is 0 Å². The smallest absolute Gasteiger partial charge is 0.280 e. The number of carbonyl (C=O) groups is 1. The third-order valence-corrected chi connectivity index (χ3v) is 5.06. The maximum atomic E-state index is 12.1. The molecular formula is C13H11ClN2O2S. The third-order valence-electron chi connectivity index (χ3n) is 3.79. The molecule has 2 heterocycles. The van der Waals surface area contributed by atoms with Gasteiger partial charge >= 0.3 is 0 Å². The van der Waals surface area contributed by atoms with Crippen LogP contribution in [-0.4, -0.2) is 30.1 Å². The van der Waals surface area contributed by atoms with Crippen molar-refractivity contribution in [2.24, 2.45) is 11.8 Å². The number of hydrogen-bond donors (Lipinski definition) is 1. The molecule has 6 heteroatoms. The molecule has 2 aromatic rings. The van der Waals surface area contributed by atoms with E-state index in [1.807, 2.05) is 12.1 Å². The van der Waals surface area contributed by atoms with Crippen LogP contribution in [0, 0.1) is 11.8 Å². The van der Waals surface area contributed by atoms with Crippen LogP contribution in [0.25, 0.3) is 10.2 Å². The Morgan fingerprint density at radius 1 is 1.42 bits per heavy atom. The van der Waals surface area contributed by atoms with Crippen LogP contribution in [0.4, 0.5) is 0 Å². The van der Waals surface area contributed by atoms with E-state index in [9.17, 15) is 4.79 Å². The van der Waals surface area contributed by atoms with E-state index in [0.717, 1.165) is 23.4 Å². The van der Waals surface area contributed by atoms with E-state index in [1.165, 1.54) is 11.3 Å². The Morgan fingerprint density at radius 3 is 3.00 bits per heavy atom. The predicted octanol–water partition coefficient (Wildman–Crippen LogP) is 2.32. The first-order chi connectivity index (χ1) is 9.22. The van der Waals surface area contributed by atoms with Gasteiger partial charge in [0, 0.05) is 22.9 Å². The highest BCUT2D eigenvalue weighted by atomic mass is 35.5. The molecule has 2 aliphatic rings. The number of nitrogens with zero attached hydrogens (tertiary/aromatic N) is 1. The molecule has 4 rings (SSSR count). The molecule has 0 spiro atoms. The Labute approximate surface area is 118 Å². The number of halogens is 1. The van der Waals surface area contributed by atoms with Gasteiger partial charge in [0.05, 0.1) is 23.4 Å². The number of thiazole rings is 1. The molecule has 1 saturated heterocycles. The molecule has 1 aromatic heterocycles. The first-order valence-corrected chi connectivity index (χ1v) is 7.36. The fraction of sp³-hybridized carbons (Fsp3) is 0.385. The molecule has 1 saturated carbocycles. The number of amides is 1. The maximum absolute atomic E-state index is 12.1. The highest BCUT2D eigenvalue weighted by Gasteiger charge is 2.54. The molecule has 0 radical (unpaired) electrons. The van der Waals surface area contributed by atoms with Crippen molar-refractivity contribution in [2.45, 2.75) is 6.04 Å². The summed E-state index contributed by atoms with van der Waals surface area (Å²) in [5.74, 6) is 0.928. The SMILES string of the molecule is O=C(NC1[C@H]2COC[C@@H]12)c1nc2cc(Cl)ccc2s1. The second kappa shape index (κ2) is 4.16. The Bertz CT molecular complexity index is 662. The van der Waals surface area contributed by atoms with E-state index in [4.69, 9.17) is 16.3 Å². The number of fused-ring (bicyclic) bond motifs is 2. The lowest BCUT2D eigenvalue weighted by molar-refractivity contribution is 0.0929. The molecule has 1 aliphatic carbocycles. The van der Waals surface area contributed by atoms with Gasteiger partial charge in [-0.25, -0.2) is 4.98 Å². The van der Waals surface area contributed by atoms with E-state index in [0.29, 0.717) is 21.9 Å². The van der Waals surface area contributed by atoms with E-state index < -0.39 is 0 Å². The van der Waals surface area contributed by atoms with Crippen molar-refractivity contribution >= 4 is 39.1 Å². The highest BCUT2D eigenvalue weighted by molar-refractivity contribution is 7.20. The van der Waals surface area contributed by atoms with Crippen LogP contribution in [0.15, 0.2) is 18.2 Å². The molecule has 19 heavy (non-hydrogen) atoms. The van der Waals surface area contributed by atoms with E-state index in [2.05, 4.69) is 10.3 Å². The summed E-state index contributed by atoms with van der Waals surface area (Å²) < 4.78 is 6.29. The van der Waals surface area contributed by atoms with Crippen molar-refractivity contribution in [3.8, 4) is 0 Å². The standard InChI is InChI=1S/C13H11ClN2O2S/c14-6-1-2-10-9(3-6)15-13(19-10)12(17)16-11-7-4-18-5-8(7)11/h1-3,7-8,11H,4-5H2,(H,16,17)/t7-,8+,11?. The fourth-order valence-corrected chi connectivity index (χ4v) is 3.68. The number of ether oxygens (including phenoxy) is 1. The van der Waals surface area contributed by atoms with Crippen LogP contribution >= 0.6 is 22.9 Å². The zero-order valence-corrected chi connectivity index (χ0v) is 11.5. The highest BCUT2D eigenvalue weighted by Crippen LogP contribution is 2.44. The number of nitrogens with one attached hydrogen (secondary N) is 1. The molecule has 1 N–H and O–H groups in total. The van der Waals surface area contributed by atoms with Crippen LogP contribution in [0.3, 0.4) is 0 Å². The van der Waals surface area contributed by atoms with Crippen molar-refractivity contribution in [3.63, 3.8) is 0 Å². The Kier molecular flexibility index (Phi) is 2.55. The zero-order valence-electron chi connectivity index (χ0n) is 9.93. The summed E-state index contributed by atoms with van der Waals surface area (Å²) in [5, 5.41) is 4.18. The second-order valence-electron chi connectivity index (χ2n) is 5.00. The first kappa shape index (κ1) is 11.6. The van der Waals surface area contributed by atoms with Crippen LogP contribution in [0.5, 0.6) is 0 Å². The molecule has 2 fully saturated rings. The first-order valence-electron chi connectivity index (χ1n) is 6.17. The van der Waals surface area contributed by atoms with Crippen molar-refractivity contribution < 1.29 is 9.53 Å². The number of benzene rings is 1. The van der Waals surface area contributed by atoms with Gasteiger partial charge in [-0.05, 0) is 18.2 Å². The predicted molar refractivity (Wildman–Crippen MR) is 73.7 cm³/mol. The van der Waals surface area contributed by atoms with Crippen LogP contribution in [-0.2, 0) is 4.74 Å². The summed E-state index contributed by atoms with van der Waals surface area (Å²) in [6.45, 7) is 1.54. The van der Waals surface area contributed by atoms with Crippen LogP contribution < -0.4 is 5.32 Å². The van der Waals surface area contributed by atoms with Crippen molar-refractivity contribution in [2.75, 3.05) is 13.2 Å². The number of carbonyl (C=O) groups excluding carboxylic acids is 1. The minimum Gasteiger partial charge on any atom is -0.381 e. The minimum absolute atomic E-state index is 0.0864. The van der Waals surface area contributed by atoms with Crippen LogP contribution in [0.1, 0.15) is 9.80 Å². The van der Waals surface area contributed by atoms with Crippen molar-refractivity contribution in [1.82, 2.24) is 10.3 Å². The molecule has 4 nitrogen and oxygen atoms in total. The Hall–Kier alpha value is -1.17. The van der Waals surface area contributed by atoms with E-state index in [1.54, 1.807) is 6.07 Å². The second-order valence-corrected chi connectivity index (χ2v) is 6.46. The Morgan fingerprint density at radius 2 is 2.21 bits per heavy atom. The molecule has 3 atom stereocenters. The van der Waals surface area contributed by atoms with E-state index >= 15 is 0 Å². The lowest BCUT2D eigenvalue weighted by Gasteiger charge is -2.04. The number of aromatic nitrogens is 1. The number of hydrogen-bond acceptors (Lipinski definition) is 4. The van der Waals surface area contributed by atoms with Gasteiger partial charge in [0.1, 0.15) is 0 Å². The zero-order chi connectivity index (χ0) is 13.0. The fourth-order valence-electron chi connectivity index (χ4n) is 2.66. The topological polar surface area (TPSA) is 51.2 Å². The van der Waals surface area contributed by atoms with Crippen LogP contribution in [0.2, 0.25) is 5.02 Å². The van der Waals surface area contributed by atoms with Gasteiger partial charge in [0.25, 0.3) is 5.91 Å². The third kappa shape index (κ3) is 1.93. The largest absolute Gasteiger partial charge is 0.381 e. The average molecular weight is 295 g/mol. The molecule has 1 unspecified atom stereocenters. The molecule has 1 amide bonds. The summed E-state index contributed by atoms with van der Waals surface area (Å²) in [7, 11) is 0. The summed E-state index contributed by atoms with van der Waals surface area (Å²) in [5.41, 5.74) is 0.780. The molecule has 1 aromatic carbocycles. The van der Waals surface area contributed by atoms with Crippen molar-refractivity contribution in [1.29, 1.82) is 0 Å². The van der Waals surface area contributed by atoms with E-state index in [-0.39, 0.29) is 11.9 Å². The molecule has 1 aliphatic heterocycles. The summed E-state index contributed by atoms with van der Waals surface area (Å²) in [4.78, 5) is 16.5. The quantitative estimate of drug-likeness (QED) is 0.925. The van der Waals surface area contributed by atoms with Gasteiger partial charge in [-0.1, -0.05) is 11.6 Å². The van der Waals surface area contributed by atoms with Gasteiger partial charge < -0.3 is 10.1 Å². The normalized spacial score (nSPS) is 28.4. The van der Waals surface area contributed by atoms with Gasteiger partial charge in [-0.3, -0.25) is 4.79 Å². The molecule has 0 bridgehead atoms. The van der Waals surface area contributed by atoms with Gasteiger partial charge in [0.15, 0.2) is 5.01 Å². The maximum Gasteiger partial charge on any atom is 0.280 e. The van der Waals surface area contributed by atoms with Gasteiger partial charge in [-0.15, -0.1) is 11.3 Å². The summed E-state index contributed by atoms with van der Waals surface area (Å²) >= 11 is 7.32. The average Bonchev–Trinajstić information content (AvgIpc) is 2.83. The Balaban J connectivity index is 1.55. The monoisotopic (exact) mass is 294 g/mol. The summed E-state index contributed by atoms with van der Waals surface area (Å²) in [6.07, 6.45) is 0. The minimum atomic E-state index is -0.0864.